The molecule has 3 aromatic heterocycles. The van der Waals surface area contributed by atoms with Gasteiger partial charge in [-0.05, 0) is 159 Å². The van der Waals surface area contributed by atoms with Gasteiger partial charge in [-0.2, -0.15) is 0 Å². The molecule has 0 amide bonds. The predicted molar refractivity (Wildman–Crippen MR) is 336 cm³/mol. The molecule has 6 heterocycles. The smallest absolute Gasteiger partial charge is 0.252 e. The molecule has 0 fully saturated rings. The maximum absolute atomic E-state index is 6.44. The van der Waals surface area contributed by atoms with Crippen molar-refractivity contribution < 1.29 is 18.0 Å². The van der Waals surface area contributed by atoms with Crippen LogP contribution in [0.4, 0.5) is 34.1 Å². The van der Waals surface area contributed by atoms with Crippen molar-refractivity contribution in [2.45, 2.75) is 25.9 Å². The fraction of sp³-hybridized carbons (Fsp3) is 0.0667. The zero-order valence-electron chi connectivity index (χ0n) is 44.9. The largest absolute Gasteiger partial charge is 0.493 e. The van der Waals surface area contributed by atoms with Gasteiger partial charge in [0.2, 0.25) is 0 Å². The highest BCUT2D eigenvalue weighted by Crippen LogP contribution is 2.50. The van der Waals surface area contributed by atoms with Gasteiger partial charge >= 0.3 is 0 Å². The summed E-state index contributed by atoms with van der Waals surface area (Å²) < 4.78 is 25.5. The maximum Gasteiger partial charge on any atom is 0.252 e. The lowest BCUT2D eigenvalue weighted by Gasteiger charge is -2.45. The van der Waals surface area contributed by atoms with Crippen LogP contribution in [0.15, 0.2) is 263 Å². The highest BCUT2D eigenvalue weighted by molar-refractivity contribution is 7.00. The lowest BCUT2D eigenvalue weighted by molar-refractivity contribution is 0.192. The summed E-state index contributed by atoms with van der Waals surface area (Å²) in [5.74, 6) is 1.09. The van der Waals surface area contributed by atoms with Crippen LogP contribution < -0.4 is 26.2 Å². The first kappa shape index (κ1) is 46.7. The van der Waals surface area contributed by atoms with Crippen molar-refractivity contribution >= 4 is 90.8 Å². The van der Waals surface area contributed by atoms with Gasteiger partial charge in [-0.3, -0.25) is 0 Å². The van der Waals surface area contributed by atoms with Crippen LogP contribution in [0.2, 0.25) is 0 Å². The highest BCUT2D eigenvalue weighted by atomic mass is 16.5. The molecule has 82 heavy (non-hydrogen) atoms. The fourth-order valence-electron chi connectivity index (χ4n) is 13.7. The molecule has 5 aliphatic rings. The van der Waals surface area contributed by atoms with Crippen LogP contribution >= 0.6 is 0 Å². The zero-order chi connectivity index (χ0) is 54.0. The second-order valence-electron chi connectivity index (χ2n) is 22.3. The molecule has 2 aliphatic carbocycles. The first-order valence-corrected chi connectivity index (χ1v) is 28.4. The molecule has 0 saturated heterocycles. The molecule has 12 aromatic rings. The monoisotopic (exact) mass is 1050 g/mol. The Kier molecular flexibility index (Phi) is 10.5. The molecule has 3 aliphatic heterocycles. The molecule has 388 valence electrons. The molecular formula is C75H51BN2O4. The van der Waals surface area contributed by atoms with Crippen LogP contribution in [-0.4, -0.2) is 12.8 Å². The molecule has 0 saturated carbocycles. The number of rotatable bonds is 8. The minimum absolute atomic E-state index is 0.0642. The highest BCUT2D eigenvalue weighted by Gasteiger charge is 2.44. The van der Waals surface area contributed by atoms with E-state index in [4.69, 9.17) is 18.0 Å². The number of ether oxygens (including phenoxy) is 1. The van der Waals surface area contributed by atoms with Crippen LogP contribution in [0, 0.1) is 12.8 Å². The van der Waals surface area contributed by atoms with Crippen molar-refractivity contribution in [1.82, 2.24) is 0 Å². The number of allylic oxidation sites excluding steroid dienone is 3. The van der Waals surface area contributed by atoms with E-state index in [0.717, 1.165) is 153 Å². The van der Waals surface area contributed by atoms with Gasteiger partial charge in [0.1, 0.15) is 23.0 Å². The number of hydrogen-bond donors (Lipinski definition) is 0. The van der Waals surface area contributed by atoms with E-state index < -0.39 is 0 Å². The van der Waals surface area contributed by atoms with Crippen molar-refractivity contribution in [3.63, 3.8) is 0 Å². The molecule has 6 nitrogen and oxygen atoms in total. The molecular weight excluding hydrogens is 1000 g/mol. The van der Waals surface area contributed by atoms with E-state index in [1.807, 2.05) is 49.3 Å². The summed E-state index contributed by atoms with van der Waals surface area (Å²) in [4.78, 5) is 5.10. The molecule has 0 N–H and O–H groups in total. The third-order valence-electron chi connectivity index (χ3n) is 17.5. The van der Waals surface area contributed by atoms with E-state index in [-0.39, 0.29) is 18.7 Å². The van der Waals surface area contributed by atoms with E-state index in [2.05, 4.69) is 223 Å². The van der Waals surface area contributed by atoms with E-state index >= 15 is 0 Å². The second kappa shape index (κ2) is 18.4. The van der Waals surface area contributed by atoms with E-state index in [9.17, 15) is 0 Å². The number of anilines is 6. The summed E-state index contributed by atoms with van der Waals surface area (Å²) >= 11 is 0. The van der Waals surface area contributed by atoms with Gasteiger partial charge in [-0.25, -0.2) is 0 Å². The fourth-order valence-corrected chi connectivity index (χ4v) is 13.7. The number of hydrogen-bond acceptors (Lipinski definition) is 6. The Labute approximate surface area is 475 Å². The summed E-state index contributed by atoms with van der Waals surface area (Å²) in [6.45, 7) is 2.12. The quantitative estimate of drug-likeness (QED) is 0.141. The molecule has 0 bridgehead atoms. The van der Waals surface area contributed by atoms with Gasteiger partial charge in [0, 0.05) is 85.1 Å². The Morgan fingerprint density at radius 2 is 1.00 bits per heavy atom. The van der Waals surface area contributed by atoms with Crippen LogP contribution in [-0.2, 0) is 11.2 Å². The summed E-state index contributed by atoms with van der Waals surface area (Å²) in [5.41, 5.74) is 27.5. The Bertz CT molecular complexity index is 4730. The van der Waals surface area contributed by atoms with Crippen molar-refractivity contribution in [3.05, 3.63) is 272 Å². The predicted octanol–water partition coefficient (Wildman–Crippen LogP) is 17.9. The molecule has 9 aromatic carbocycles. The third kappa shape index (κ3) is 7.36. The number of fused-ring (bicyclic) bond motifs is 8. The van der Waals surface area contributed by atoms with E-state index in [0.29, 0.717) is 0 Å². The molecule has 2 unspecified atom stereocenters. The Morgan fingerprint density at radius 1 is 0.463 bits per heavy atom. The number of benzene rings is 9. The topological polar surface area (TPSA) is 55.1 Å². The van der Waals surface area contributed by atoms with Gasteiger partial charge in [-0.15, -0.1) is 0 Å². The van der Waals surface area contributed by atoms with Gasteiger partial charge in [-0.1, -0.05) is 152 Å². The average molecular weight is 1060 g/mol. The molecule has 0 radical (unpaired) electrons. The number of para-hydroxylation sites is 2. The lowest BCUT2D eigenvalue weighted by atomic mass is 9.33. The zero-order valence-corrected chi connectivity index (χ0v) is 44.9. The summed E-state index contributed by atoms with van der Waals surface area (Å²) in [6.07, 6.45) is 22.7. The molecule has 0 spiro atoms. The Morgan fingerprint density at radius 3 is 1.62 bits per heavy atom. The summed E-state index contributed by atoms with van der Waals surface area (Å²) in [6, 6.07) is 71.5. The van der Waals surface area contributed by atoms with Gasteiger partial charge in [0.05, 0.1) is 25.1 Å². The summed E-state index contributed by atoms with van der Waals surface area (Å²) in [5, 5.41) is 2.13. The number of nitrogens with zero attached hydrogens (tertiary/aromatic N) is 2. The van der Waals surface area contributed by atoms with Crippen LogP contribution in [0.3, 0.4) is 0 Å². The Hall–Kier alpha value is -10.2. The van der Waals surface area contributed by atoms with Crippen molar-refractivity contribution in [2.75, 3.05) is 9.80 Å². The standard InChI is InChI=1S/C75H51BN2O4/c1-46-32-69-75-70(33-46)78(56-38-53(63-44-81-73-26-14-10-22-59(63)73)35-54(39-56)64-45-82-74-27-15-11-23-60(64)74)68-41-50(48-18-6-3-7-19-48)29-31-66(68)76(75)65-30-28-49(47-16-4-2-5-17-47)40-67(65)77(69)55-36-51(61-42-79-71-24-12-8-20-57(61)71)34-52(37-55)62-43-80-72-25-13-9-21-58(62)72/h2-14,16-26,28-45,57,71H,15,27H2,1H3. The molecule has 2 atom stereocenters. The van der Waals surface area contributed by atoms with Crippen molar-refractivity contribution in [3.8, 4) is 55.6 Å². The van der Waals surface area contributed by atoms with E-state index in [1.165, 1.54) is 16.4 Å². The number of aryl methyl sites for hydroxylation is 2. The van der Waals surface area contributed by atoms with Crippen LogP contribution in [0.1, 0.15) is 28.9 Å². The first-order valence-electron chi connectivity index (χ1n) is 28.4. The third-order valence-corrected chi connectivity index (χ3v) is 17.5. The van der Waals surface area contributed by atoms with Crippen LogP contribution in [0.25, 0.3) is 89.2 Å². The van der Waals surface area contributed by atoms with Gasteiger partial charge in [0.15, 0.2) is 0 Å². The van der Waals surface area contributed by atoms with Crippen molar-refractivity contribution in [2.24, 2.45) is 5.92 Å². The minimum atomic E-state index is -0.129. The van der Waals surface area contributed by atoms with Gasteiger partial charge in [0.25, 0.3) is 6.71 Å². The first-order chi connectivity index (χ1) is 40.5. The molecule has 7 heteroatoms. The van der Waals surface area contributed by atoms with Crippen LogP contribution in [0.5, 0.6) is 0 Å². The number of furan rings is 3. The summed E-state index contributed by atoms with van der Waals surface area (Å²) in [7, 11) is 0. The normalized spacial score (nSPS) is 16.2. The maximum atomic E-state index is 6.44. The average Bonchev–Trinajstić information content (AvgIpc) is 3.41. The van der Waals surface area contributed by atoms with Crippen molar-refractivity contribution in [1.29, 1.82) is 0 Å². The van der Waals surface area contributed by atoms with Gasteiger partial charge < -0.3 is 27.8 Å². The van der Waals surface area contributed by atoms with E-state index in [1.54, 1.807) is 0 Å². The Balaban J connectivity index is 0.952. The minimum Gasteiger partial charge on any atom is -0.493 e. The lowest BCUT2D eigenvalue weighted by Crippen LogP contribution is -2.61. The second-order valence-corrected chi connectivity index (χ2v) is 22.3. The SMILES string of the molecule is Cc1cc2c3c(c1)N(c1cc(-c4coc5c4C=CCC5)cc(-c4coc5ccccc45)c1)c1cc(-c4ccccc4)ccc1B3c1ccc(-c3ccccc3)cc1N2c1cc(C2=COC3C=CC=CC23)cc(-c2coc3ccccc23)c1. The molecule has 17 rings (SSSR count).